The van der Waals surface area contributed by atoms with Gasteiger partial charge in [-0.05, 0) is 38.8 Å². The number of rotatable bonds is 5. The van der Waals surface area contributed by atoms with Crippen molar-refractivity contribution < 1.29 is 4.79 Å². The Morgan fingerprint density at radius 2 is 1.88 bits per heavy atom. The van der Waals surface area contributed by atoms with Crippen molar-refractivity contribution in [3.05, 3.63) is 0 Å². The van der Waals surface area contributed by atoms with Crippen LogP contribution < -0.4 is 5.32 Å². The molecule has 1 aliphatic heterocycles. The fraction of sp³-hybridized carbons (Fsp3) is 0.917. The van der Waals surface area contributed by atoms with Crippen molar-refractivity contribution in [1.29, 1.82) is 0 Å². The van der Waals surface area contributed by atoms with Crippen LogP contribution in [-0.4, -0.2) is 41.7 Å². The minimum absolute atomic E-state index is 0.0602. The lowest BCUT2D eigenvalue weighted by molar-refractivity contribution is -0.121. The molecular weight excluding hydrogens is 220 g/mol. The maximum Gasteiger partial charge on any atom is 0.233 e. The topological polar surface area (TPSA) is 32.3 Å². The van der Waals surface area contributed by atoms with E-state index in [9.17, 15) is 4.79 Å². The fourth-order valence-electron chi connectivity index (χ4n) is 2.03. The molecule has 0 spiro atoms. The molecule has 1 N–H and O–H groups in total. The Hall–Kier alpha value is -0.220. The lowest BCUT2D eigenvalue weighted by Gasteiger charge is -2.23. The maximum absolute atomic E-state index is 11.8. The zero-order chi connectivity index (χ0) is 12.1. The second kappa shape index (κ2) is 6.50. The van der Waals surface area contributed by atoms with Gasteiger partial charge in [-0.25, -0.2) is 0 Å². The number of hydrogen-bond acceptors (Lipinski definition) is 3. The van der Waals surface area contributed by atoms with Crippen LogP contribution in [-0.2, 0) is 4.79 Å². The molecule has 0 saturated carbocycles. The van der Waals surface area contributed by atoms with Crippen molar-refractivity contribution in [3.8, 4) is 0 Å². The van der Waals surface area contributed by atoms with Crippen molar-refractivity contribution in [2.45, 2.75) is 44.9 Å². The molecule has 0 aliphatic carbocycles. The molecule has 0 aromatic carbocycles. The first-order valence-corrected chi connectivity index (χ1v) is 6.73. The number of nitrogens with one attached hydrogen (secondary N) is 1. The second-order valence-electron chi connectivity index (χ2n) is 5.11. The van der Waals surface area contributed by atoms with E-state index in [1.807, 2.05) is 13.8 Å². The molecule has 94 valence electrons. The Morgan fingerprint density at radius 3 is 2.38 bits per heavy atom. The lowest BCUT2D eigenvalue weighted by atomic mass is 10.1. The zero-order valence-electron chi connectivity index (χ0n) is 10.6. The largest absolute Gasteiger partial charge is 0.351 e. The van der Waals surface area contributed by atoms with Crippen LogP contribution in [0.25, 0.3) is 0 Å². The van der Waals surface area contributed by atoms with Gasteiger partial charge in [0.25, 0.3) is 0 Å². The quantitative estimate of drug-likeness (QED) is 0.719. The molecule has 0 aromatic rings. The number of thiol groups is 1. The summed E-state index contributed by atoms with van der Waals surface area (Å²) in [6.45, 7) is 9.41. The Labute approximate surface area is 104 Å². The van der Waals surface area contributed by atoms with Gasteiger partial charge in [0, 0.05) is 12.6 Å². The van der Waals surface area contributed by atoms with Crippen molar-refractivity contribution in [2.24, 2.45) is 5.92 Å². The summed E-state index contributed by atoms with van der Waals surface area (Å²) in [6.07, 6.45) is 2.59. The Bertz CT molecular complexity index is 227. The summed E-state index contributed by atoms with van der Waals surface area (Å²) in [7, 11) is 0. The third-order valence-corrected chi connectivity index (χ3v) is 3.85. The molecule has 0 bridgehead atoms. The van der Waals surface area contributed by atoms with Gasteiger partial charge in [0.2, 0.25) is 5.91 Å². The van der Waals surface area contributed by atoms with E-state index in [0.717, 1.165) is 6.54 Å². The molecule has 1 aliphatic rings. The summed E-state index contributed by atoms with van der Waals surface area (Å²) in [4.78, 5) is 14.2. The summed E-state index contributed by atoms with van der Waals surface area (Å²) < 4.78 is 0. The van der Waals surface area contributed by atoms with Gasteiger partial charge in [-0.15, -0.1) is 0 Å². The first-order valence-electron chi connectivity index (χ1n) is 6.21. The predicted molar refractivity (Wildman–Crippen MR) is 70.9 cm³/mol. The summed E-state index contributed by atoms with van der Waals surface area (Å²) in [5, 5.41) is 2.84. The van der Waals surface area contributed by atoms with Gasteiger partial charge in [0.15, 0.2) is 0 Å². The number of nitrogens with zero attached hydrogens (tertiary/aromatic N) is 1. The minimum atomic E-state index is -0.193. The molecule has 1 heterocycles. The summed E-state index contributed by atoms with van der Waals surface area (Å²) >= 11 is 4.32. The van der Waals surface area contributed by atoms with Crippen molar-refractivity contribution in [1.82, 2.24) is 10.2 Å². The number of hydrogen-bond donors (Lipinski definition) is 2. The van der Waals surface area contributed by atoms with Gasteiger partial charge in [-0.3, -0.25) is 4.79 Å². The summed E-state index contributed by atoms with van der Waals surface area (Å²) in [6, 6.07) is 0.221. The van der Waals surface area contributed by atoms with Crippen LogP contribution in [0.3, 0.4) is 0 Å². The molecule has 1 fully saturated rings. The van der Waals surface area contributed by atoms with Crippen molar-refractivity contribution in [3.63, 3.8) is 0 Å². The van der Waals surface area contributed by atoms with Gasteiger partial charge in [-0.1, -0.05) is 13.8 Å². The molecule has 1 saturated heterocycles. The van der Waals surface area contributed by atoms with E-state index in [1.54, 1.807) is 0 Å². The van der Waals surface area contributed by atoms with E-state index < -0.39 is 0 Å². The Morgan fingerprint density at radius 1 is 1.31 bits per heavy atom. The van der Waals surface area contributed by atoms with Gasteiger partial charge >= 0.3 is 0 Å². The first-order chi connectivity index (χ1) is 7.50. The lowest BCUT2D eigenvalue weighted by Crippen LogP contribution is -2.45. The highest BCUT2D eigenvalue weighted by Gasteiger charge is 2.21. The average molecular weight is 244 g/mol. The molecule has 1 amide bonds. The monoisotopic (exact) mass is 244 g/mol. The minimum Gasteiger partial charge on any atom is -0.351 e. The van der Waals surface area contributed by atoms with Crippen LogP contribution in [0.2, 0.25) is 0 Å². The van der Waals surface area contributed by atoms with Crippen LogP contribution in [0.1, 0.15) is 33.6 Å². The van der Waals surface area contributed by atoms with E-state index in [-0.39, 0.29) is 23.1 Å². The number of amides is 1. The fourth-order valence-corrected chi connectivity index (χ4v) is 2.10. The van der Waals surface area contributed by atoms with E-state index in [1.165, 1.54) is 25.9 Å². The highest BCUT2D eigenvalue weighted by atomic mass is 32.1. The molecule has 2 unspecified atom stereocenters. The Kier molecular flexibility index (Phi) is 5.62. The van der Waals surface area contributed by atoms with Crippen molar-refractivity contribution in [2.75, 3.05) is 19.6 Å². The number of carbonyl (C=O) groups excluding carboxylic acids is 1. The number of likely N-dealkylation sites (tertiary alicyclic amines) is 1. The standard InChI is InChI=1S/C12H24N2OS/c1-9(2)11(16)12(15)13-10(3)8-14-6-4-5-7-14/h9-11,16H,4-8H2,1-3H3,(H,13,15). The third-order valence-electron chi connectivity index (χ3n) is 3.02. The van der Waals surface area contributed by atoms with Crippen LogP contribution in [0.15, 0.2) is 0 Å². The second-order valence-corrected chi connectivity index (χ2v) is 5.66. The molecule has 2 atom stereocenters. The van der Waals surface area contributed by atoms with E-state index in [2.05, 4.69) is 29.8 Å². The highest BCUT2D eigenvalue weighted by Crippen LogP contribution is 2.10. The van der Waals surface area contributed by atoms with E-state index in [4.69, 9.17) is 0 Å². The van der Waals surface area contributed by atoms with Gasteiger partial charge in [0.05, 0.1) is 5.25 Å². The van der Waals surface area contributed by atoms with Crippen LogP contribution in [0.4, 0.5) is 0 Å². The zero-order valence-corrected chi connectivity index (χ0v) is 11.5. The van der Waals surface area contributed by atoms with Crippen LogP contribution in [0, 0.1) is 5.92 Å². The van der Waals surface area contributed by atoms with Gasteiger partial charge < -0.3 is 10.2 Å². The van der Waals surface area contributed by atoms with Gasteiger partial charge in [0.1, 0.15) is 0 Å². The number of carbonyl (C=O) groups is 1. The smallest absolute Gasteiger partial charge is 0.233 e. The molecule has 3 nitrogen and oxygen atoms in total. The SMILES string of the molecule is CC(CN1CCCC1)NC(=O)C(S)C(C)C. The highest BCUT2D eigenvalue weighted by molar-refractivity contribution is 7.81. The molecule has 16 heavy (non-hydrogen) atoms. The van der Waals surface area contributed by atoms with Crippen LogP contribution >= 0.6 is 12.6 Å². The Balaban J connectivity index is 2.27. The molecule has 0 radical (unpaired) electrons. The third kappa shape index (κ3) is 4.34. The average Bonchev–Trinajstić information content (AvgIpc) is 2.68. The molecule has 1 rings (SSSR count). The molecule has 4 heteroatoms. The van der Waals surface area contributed by atoms with E-state index in [0.29, 0.717) is 0 Å². The summed E-state index contributed by atoms with van der Waals surface area (Å²) in [5.41, 5.74) is 0. The van der Waals surface area contributed by atoms with Crippen LogP contribution in [0.5, 0.6) is 0 Å². The maximum atomic E-state index is 11.8. The molecular formula is C12H24N2OS. The van der Waals surface area contributed by atoms with Gasteiger partial charge in [-0.2, -0.15) is 12.6 Å². The predicted octanol–water partition coefficient (Wildman–Crippen LogP) is 1.54. The normalized spacial score (nSPS) is 21.1. The van der Waals surface area contributed by atoms with E-state index >= 15 is 0 Å². The first kappa shape index (κ1) is 13.8. The summed E-state index contributed by atoms with van der Waals surface area (Å²) in [5.74, 6) is 0.340. The van der Waals surface area contributed by atoms with Crippen molar-refractivity contribution >= 4 is 18.5 Å². The molecule has 0 aromatic heterocycles.